The van der Waals surface area contributed by atoms with E-state index < -0.39 is 17.6 Å². The molecule has 1 amide bonds. The fourth-order valence-corrected chi connectivity index (χ4v) is 3.79. The number of nitrogens with zero attached hydrogens (tertiary/aromatic N) is 2. The summed E-state index contributed by atoms with van der Waals surface area (Å²) in [5.41, 5.74) is 2.01. The van der Waals surface area contributed by atoms with Crippen LogP contribution >= 0.6 is 11.3 Å². The van der Waals surface area contributed by atoms with Crippen molar-refractivity contribution in [2.45, 2.75) is 33.2 Å². The van der Waals surface area contributed by atoms with Crippen LogP contribution in [-0.2, 0) is 20.9 Å². The molecule has 1 heterocycles. The van der Waals surface area contributed by atoms with Crippen molar-refractivity contribution in [3.05, 3.63) is 58.6 Å². The summed E-state index contributed by atoms with van der Waals surface area (Å²) in [6.07, 6.45) is -0.0602. The van der Waals surface area contributed by atoms with Crippen molar-refractivity contribution in [1.29, 1.82) is 0 Å². The number of aryl methyl sites for hydroxylation is 1. The summed E-state index contributed by atoms with van der Waals surface area (Å²) in [5, 5.41) is 0.467. The number of ether oxygens (including phenoxy) is 1. The molecule has 0 bridgehead atoms. The van der Waals surface area contributed by atoms with Crippen LogP contribution in [0, 0.1) is 18.6 Å². The number of halogens is 2. The van der Waals surface area contributed by atoms with Crippen molar-refractivity contribution in [1.82, 2.24) is 4.98 Å². The minimum absolute atomic E-state index is 0.0272. The average molecular weight is 418 g/mol. The number of hydrogen-bond donors (Lipinski definition) is 0. The summed E-state index contributed by atoms with van der Waals surface area (Å²) >= 11 is 1.00. The molecule has 29 heavy (non-hydrogen) atoms. The molecule has 2 aromatic carbocycles. The van der Waals surface area contributed by atoms with Crippen LogP contribution in [0.25, 0.3) is 10.2 Å². The first kappa shape index (κ1) is 20.9. The monoisotopic (exact) mass is 418 g/mol. The van der Waals surface area contributed by atoms with E-state index in [4.69, 9.17) is 4.74 Å². The molecule has 0 radical (unpaired) electrons. The standard InChI is InChI=1S/C21H20F2N2O3S/c1-3-28-19(27)11-10-18(26)25(14-6-4-13(2)5-7-14)12-17-24-16-9-8-15(22)20(23)21(16)29-17/h4-9H,3,10-12H2,1-2H3. The van der Waals surface area contributed by atoms with E-state index in [-0.39, 0.29) is 36.6 Å². The Morgan fingerprint density at radius 3 is 2.52 bits per heavy atom. The number of rotatable bonds is 7. The van der Waals surface area contributed by atoms with Gasteiger partial charge in [0.15, 0.2) is 11.6 Å². The van der Waals surface area contributed by atoms with Gasteiger partial charge >= 0.3 is 5.97 Å². The van der Waals surface area contributed by atoms with Gasteiger partial charge in [0.2, 0.25) is 5.91 Å². The van der Waals surface area contributed by atoms with Gasteiger partial charge < -0.3 is 9.64 Å². The third-order valence-electron chi connectivity index (χ3n) is 4.28. The van der Waals surface area contributed by atoms with Gasteiger partial charge in [0.05, 0.1) is 29.8 Å². The number of esters is 1. The molecule has 1 aromatic heterocycles. The van der Waals surface area contributed by atoms with Crippen LogP contribution in [0.4, 0.5) is 14.5 Å². The van der Waals surface area contributed by atoms with Gasteiger partial charge in [0.25, 0.3) is 0 Å². The third kappa shape index (κ3) is 4.95. The molecule has 0 aliphatic heterocycles. The molecular weight excluding hydrogens is 398 g/mol. The number of anilines is 1. The van der Waals surface area contributed by atoms with Crippen LogP contribution in [0.5, 0.6) is 0 Å². The molecule has 0 aliphatic rings. The lowest BCUT2D eigenvalue weighted by Gasteiger charge is -2.22. The third-order valence-corrected chi connectivity index (χ3v) is 5.33. The normalized spacial score (nSPS) is 10.9. The van der Waals surface area contributed by atoms with Gasteiger partial charge in [0, 0.05) is 12.1 Å². The van der Waals surface area contributed by atoms with Crippen LogP contribution in [0.2, 0.25) is 0 Å². The first-order chi connectivity index (χ1) is 13.9. The summed E-state index contributed by atoms with van der Waals surface area (Å²) in [6, 6.07) is 9.77. The number of benzene rings is 2. The Morgan fingerprint density at radius 1 is 1.10 bits per heavy atom. The van der Waals surface area contributed by atoms with Crippen LogP contribution in [0.15, 0.2) is 36.4 Å². The summed E-state index contributed by atoms with van der Waals surface area (Å²) in [5.74, 6) is -2.61. The van der Waals surface area contributed by atoms with Gasteiger partial charge in [-0.05, 0) is 38.1 Å². The molecule has 0 saturated carbocycles. The highest BCUT2D eigenvalue weighted by atomic mass is 32.1. The molecule has 0 N–H and O–H groups in total. The molecule has 0 aliphatic carbocycles. The topological polar surface area (TPSA) is 59.5 Å². The summed E-state index contributed by atoms with van der Waals surface area (Å²) < 4.78 is 32.5. The zero-order chi connectivity index (χ0) is 21.0. The van der Waals surface area contributed by atoms with E-state index >= 15 is 0 Å². The maximum absolute atomic E-state index is 14.0. The van der Waals surface area contributed by atoms with Crippen molar-refractivity contribution >= 4 is 39.1 Å². The summed E-state index contributed by atoms with van der Waals surface area (Å²) in [7, 11) is 0. The van der Waals surface area contributed by atoms with E-state index in [1.165, 1.54) is 11.0 Å². The number of aromatic nitrogens is 1. The Hall–Kier alpha value is -2.87. The van der Waals surface area contributed by atoms with Gasteiger partial charge in [-0.15, -0.1) is 11.3 Å². The Morgan fingerprint density at radius 2 is 1.83 bits per heavy atom. The molecule has 3 rings (SSSR count). The highest BCUT2D eigenvalue weighted by Gasteiger charge is 2.21. The Bertz CT molecular complexity index is 1030. The van der Waals surface area contributed by atoms with Crippen molar-refractivity contribution < 1.29 is 23.1 Å². The van der Waals surface area contributed by atoms with E-state index in [2.05, 4.69) is 4.98 Å². The predicted octanol–water partition coefficient (Wildman–Crippen LogP) is 4.76. The second-order valence-electron chi connectivity index (χ2n) is 6.44. The largest absolute Gasteiger partial charge is 0.466 e. The van der Waals surface area contributed by atoms with Crippen LogP contribution in [-0.4, -0.2) is 23.5 Å². The summed E-state index contributed by atoms with van der Waals surface area (Å²) in [4.78, 5) is 30.3. The molecule has 3 aromatic rings. The van der Waals surface area contributed by atoms with Crippen molar-refractivity contribution in [2.75, 3.05) is 11.5 Å². The molecule has 8 heteroatoms. The van der Waals surface area contributed by atoms with Crippen LogP contribution in [0.1, 0.15) is 30.3 Å². The lowest BCUT2D eigenvalue weighted by atomic mass is 10.2. The highest BCUT2D eigenvalue weighted by Crippen LogP contribution is 2.29. The lowest BCUT2D eigenvalue weighted by Crippen LogP contribution is -2.30. The molecule has 152 valence electrons. The molecule has 0 unspecified atom stereocenters. The van der Waals surface area contributed by atoms with Gasteiger partial charge in [-0.2, -0.15) is 0 Å². The zero-order valence-corrected chi connectivity index (χ0v) is 16.9. The van der Waals surface area contributed by atoms with Crippen molar-refractivity contribution in [2.24, 2.45) is 0 Å². The molecule has 0 saturated heterocycles. The number of carbonyl (C=O) groups is 2. The van der Waals surface area contributed by atoms with Gasteiger partial charge in [-0.25, -0.2) is 13.8 Å². The second kappa shape index (κ2) is 9.09. The Balaban J connectivity index is 1.87. The van der Waals surface area contributed by atoms with E-state index in [1.807, 2.05) is 19.1 Å². The van der Waals surface area contributed by atoms with E-state index in [0.717, 1.165) is 23.0 Å². The molecule has 5 nitrogen and oxygen atoms in total. The van der Waals surface area contributed by atoms with Gasteiger partial charge in [0.1, 0.15) is 5.01 Å². The number of fused-ring (bicyclic) bond motifs is 1. The fourth-order valence-electron chi connectivity index (χ4n) is 2.81. The molecule has 0 atom stereocenters. The predicted molar refractivity (Wildman–Crippen MR) is 108 cm³/mol. The first-order valence-electron chi connectivity index (χ1n) is 9.15. The minimum atomic E-state index is -0.943. The van der Waals surface area contributed by atoms with Crippen molar-refractivity contribution in [3.8, 4) is 0 Å². The van der Waals surface area contributed by atoms with E-state index in [9.17, 15) is 18.4 Å². The maximum Gasteiger partial charge on any atom is 0.306 e. The van der Waals surface area contributed by atoms with Gasteiger partial charge in [-0.1, -0.05) is 17.7 Å². The zero-order valence-electron chi connectivity index (χ0n) is 16.1. The number of hydrogen-bond acceptors (Lipinski definition) is 5. The quantitative estimate of drug-likeness (QED) is 0.519. The van der Waals surface area contributed by atoms with E-state index in [0.29, 0.717) is 16.2 Å². The molecule has 0 spiro atoms. The van der Waals surface area contributed by atoms with Crippen LogP contribution < -0.4 is 4.90 Å². The lowest BCUT2D eigenvalue weighted by molar-refractivity contribution is -0.144. The minimum Gasteiger partial charge on any atom is -0.466 e. The maximum atomic E-state index is 14.0. The fraction of sp³-hybridized carbons (Fsp3) is 0.286. The molecule has 0 fully saturated rings. The second-order valence-corrected chi connectivity index (χ2v) is 7.52. The highest BCUT2D eigenvalue weighted by molar-refractivity contribution is 7.18. The smallest absolute Gasteiger partial charge is 0.306 e. The van der Waals surface area contributed by atoms with Gasteiger partial charge in [-0.3, -0.25) is 9.59 Å². The van der Waals surface area contributed by atoms with Crippen LogP contribution in [0.3, 0.4) is 0 Å². The first-order valence-corrected chi connectivity index (χ1v) is 9.96. The van der Waals surface area contributed by atoms with Crippen molar-refractivity contribution in [3.63, 3.8) is 0 Å². The number of amides is 1. The Kier molecular flexibility index (Phi) is 6.53. The Labute approximate surface area is 170 Å². The number of thiazole rings is 1. The van der Waals surface area contributed by atoms with E-state index in [1.54, 1.807) is 19.1 Å². The summed E-state index contributed by atoms with van der Waals surface area (Å²) in [6.45, 7) is 3.97. The molecular formula is C21H20F2N2O3S. The number of carbonyl (C=O) groups excluding carboxylic acids is 2. The average Bonchev–Trinajstić information content (AvgIpc) is 3.12. The SMILES string of the molecule is CCOC(=O)CCC(=O)N(Cc1nc2ccc(F)c(F)c2s1)c1ccc(C)cc1.